The average Bonchev–Trinajstić information content (AvgIpc) is 3.49. The highest BCUT2D eigenvalue weighted by atomic mass is 16.2. The van der Waals surface area contributed by atoms with E-state index >= 15 is 0 Å². The highest BCUT2D eigenvalue weighted by Gasteiger charge is 2.43. The van der Waals surface area contributed by atoms with E-state index in [1.807, 2.05) is 30.5 Å². The maximum absolute atomic E-state index is 12.5. The smallest absolute Gasteiger partial charge is 0.224 e. The van der Waals surface area contributed by atoms with E-state index in [1.54, 1.807) is 0 Å². The molecule has 1 aliphatic heterocycles. The normalized spacial score (nSPS) is 22.5. The number of benzene rings is 1. The Balaban J connectivity index is 1.37. The minimum absolute atomic E-state index is 0.123. The topological polar surface area (TPSA) is 45.2 Å². The highest BCUT2D eigenvalue weighted by Crippen LogP contribution is 2.47. The first kappa shape index (κ1) is 16.1. The second kappa shape index (κ2) is 7.26. The van der Waals surface area contributed by atoms with Crippen LogP contribution in [0.1, 0.15) is 42.7 Å². The average molecular weight is 335 g/mol. The molecule has 130 valence electrons. The molecule has 1 N–H and O–H groups in total. The molecule has 0 bridgehead atoms. The van der Waals surface area contributed by atoms with Gasteiger partial charge < -0.3 is 10.2 Å². The van der Waals surface area contributed by atoms with Crippen molar-refractivity contribution in [2.24, 2.45) is 5.92 Å². The first-order valence-electron chi connectivity index (χ1n) is 9.34. The summed E-state index contributed by atoms with van der Waals surface area (Å²) in [6.45, 7) is 2.70. The fraction of sp³-hybridized carbons (Fsp3) is 0.429. The molecule has 1 aromatic heterocycles. The second-order valence-corrected chi connectivity index (χ2v) is 7.11. The van der Waals surface area contributed by atoms with Gasteiger partial charge >= 0.3 is 0 Å². The summed E-state index contributed by atoms with van der Waals surface area (Å²) in [5.41, 5.74) is 2.40. The van der Waals surface area contributed by atoms with Gasteiger partial charge in [-0.2, -0.15) is 0 Å². The molecule has 1 saturated heterocycles. The quantitative estimate of drug-likeness (QED) is 0.910. The molecule has 0 spiro atoms. The molecular formula is C21H25N3O. The molecule has 0 radical (unpaired) electrons. The van der Waals surface area contributed by atoms with Crippen molar-refractivity contribution >= 4 is 11.7 Å². The van der Waals surface area contributed by atoms with Crippen LogP contribution in [0.2, 0.25) is 0 Å². The van der Waals surface area contributed by atoms with Gasteiger partial charge in [-0.1, -0.05) is 36.4 Å². The van der Waals surface area contributed by atoms with E-state index in [1.165, 1.54) is 24.8 Å². The van der Waals surface area contributed by atoms with Crippen LogP contribution < -0.4 is 10.2 Å². The molecule has 4 nitrogen and oxygen atoms in total. The van der Waals surface area contributed by atoms with Crippen molar-refractivity contribution < 1.29 is 4.79 Å². The van der Waals surface area contributed by atoms with Crippen LogP contribution in [0.3, 0.4) is 0 Å². The van der Waals surface area contributed by atoms with Crippen LogP contribution in [0.25, 0.3) is 0 Å². The number of piperidine rings is 1. The summed E-state index contributed by atoms with van der Waals surface area (Å²) in [6, 6.07) is 14.4. The Bertz CT molecular complexity index is 725. The van der Waals surface area contributed by atoms with Crippen LogP contribution in [0.5, 0.6) is 0 Å². The van der Waals surface area contributed by atoms with Crippen LogP contribution in [0.4, 0.5) is 5.82 Å². The number of hydrogen-bond donors (Lipinski definition) is 1. The highest BCUT2D eigenvalue weighted by molar-refractivity contribution is 5.83. The number of anilines is 1. The van der Waals surface area contributed by atoms with E-state index in [4.69, 9.17) is 0 Å². The Labute approximate surface area is 149 Å². The lowest BCUT2D eigenvalue weighted by molar-refractivity contribution is -0.122. The molecule has 2 atom stereocenters. The predicted molar refractivity (Wildman–Crippen MR) is 99.4 cm³/mol. The first-order chi connectivity index (χ1) is 12.3. The molecule has 2 fully saturated rings. The number of carbonyl (C=O) groups is 1. The number of hydrogen-bond acceptors (Lipinski definition) is 3. The van der Waals surface area contributed by atoms with Gasteiger partial charge in [-0.05, 0) is 43.2 Å². The van der Waals surface area contributed by atoms with E-state index in [-0.39, 0.29) is 11.8 Å². The Morgan fingerprint density at radius 1 is 1.08 bits per heavy atom. The molecule has 2 aliphatic rings. The summed E-state index contributed by atoms with van der Waals surface area (Å²) in [7, 11) is 0. The summed E-state index contributed by atoms with van der Waals surface area (Å²) < 4.78 is 0. The van der Waals surface area contributed by atoms with E-state index in [0.29, 0.717) is 12.5 Å². The Morgan fingerprint density at radius 2 is 1.88 bits per heavy atom. The Kier molecular flexibility index (Phi) is 4.68. The first-order valence-corrected chi connectivity index (χ1v) is 9.34. The van der Waals surface area contributed by atoms with E-state index in [9.17, 15) is 4.79 Å². The van der Waals surface area contributed by atoms with Gasteiger partial charge in [0.1, 0.15) is 5.82 Å². The number of amides is 1. The van der Waals surface area contributed by atoms with Gasteiger partial charge in [0, 0.05) is 37.3 Å². The molecule has 0 unspecified atom stereocenters. The van der Waals surface area contributed by atoms with Crippen molar-refractivity contribution in [3.8, 4) is 0 Å². The van der Waals surface area contributed by atoms with Gasteiger partial charge in [-0.15, -0.1) is 0 Å². The largest absolute Gasteiger partial charge is 0.356 e. The monoisotopic (exact) mass is 335 g/mol. The van der Waals surface area contributed by atoms with Crippen molar-refractivity contribution in [1.82, 2.24) is 10.3 Å². The third-order valence-electron chi connectivity index (χ3n) is 5.33. The van der Waals surface area contributed by atoms with Crippen molar-refractivity contribution in [2.45, 2.75) is 38.1 Å². The van der Waals surface area contributed by atoms with Gasteiger partial charge in [0.25, 0.3) is 0 Å². The minimum Gasteiger partial charge on any atom is -0.356 e. The molecule has 2 heterocycles. The van der Waals surface area contributed by atoms with Crippen LogP contribution in [0, 0.1) is 5.92 Å². The summed E-state index contributed by atoms with van der Waals surface area (Å²) >= 11 is 0. The molecule has 1 amide bonds. The number of aromatic nitrogens is 1. The van der Waals surface area contributed by atoms with Crippen molar-refractivity contribution in [1.29, 1.82) is 0 Å². The number of nitrogens with one attached hydrogen (secondary N) is 1. The zero-order valence-corrected chi connectivity index (χ0v) is 14.5. The van der Waals surface area contributed by atoms with E-state index in [2.05, 4.69) is 33.4 Å². The lowest BCUT2D eigenvalue weighted by Gasteiger charge is -2.29. The summed E-state index contributed by atoms with van der Waals surface area (Å²) in [4.78, 5) is 19.4. The molecule has 1 saturated carbocycles. The molecule has 4 rings (SSSR count). The minimum atomic E-state index is 0.123. The van der Waals surface area contributed by atoms with E-state index in [0.717, 1.165) is 30.9 Å². The number of nitrogens with zero attached hydrogens (tertiary/aromatic N) is 2. The van der Waals surface area contributed by atoms with Crippen LogP contribution in [-0.2, 0) is 11.3 Å². The second-order valence-electron chi connectivity index (χ2n) is 7.11. The lowest BCUT2D eigenvalue weighted by atomic mass is 10.1. The van der Waals surface area contributed by atoms with Crippen molar-refractivity contribution in [3.63, 3.8) is 0 Å². The van der Waals surface area contributed by atoms with Gasteiger partial charge in [0.05, 0.1) is 0 Å². The Morgan fingerprint density at radius 3 is 2.68 bits per heavy atom. The Hall–Kier alpha value is -2.36. The molecule has 4 heteroatoms. The van der Waals surface area contributed by atoms with Gasteiger partial charge in [-0.3, -0.25) is 4.79 Å². The van der Waals surface area contributed by atoms with Crippen molar-refractivity contribution in [2.75, 3.05) is 18.0 Å². The lowest BCUT2D eigenvalue weighted by Crippen LogP contribution is -2.32. The molecule has 1 aliphatic carbocycles. The molecule has 2 aromatic rings. The van der Waals surface area contributed by atoms with Gasteiger partial charge in [0.15, 0.2) is 0 Å². The fourth-order valence-corrected chi connectivity index (χ4v) is 3.83. The van der Waals surface area contributed by atoms with Crippen LogP contribution >= 0.6 is 0 Å². The molecular weight excluding hydrogens is 310 g/mol. The maximum atomic E-state index is 12.5. The SMILES string of the molecule is O=C(NCc1cccnc1N1CCCCC1)[C@@H]1C[C@H]1c1ccccc1. The summed E-state index contributed by atoms with van der Waals surface area (Å²) in [6.07, 6.45) is 6.56. The van der Waals surface area contributed by atoms with Gasteiger partial charge in [0.2, 0.25) is 5.91 Å². The third kappa shape index (κ3) is 3.68. The number of carbonyl (C=O) groups excluding carboxylic acids is 1. The molecule has 25 heavy (non-hydrogen) atoms. The number of rotatable bonds is 5. The summed E-state index contributed by atoms with van der Waals surface area (Å²) in [5.74, 6) is 1.72. The fourth-order valence-electron chi connectivity index (χ4n) is 3.83. The van der Waals surface area contributed by atoms with Crippen LogP contribution in [0.15, 0.2) is 48.7 Å². The molecule has 1 aromatic carbocycles. The zero-order valence-electron chi connectivity index (χ0n) is 14.5. The predicted octanol–water partition coefficient (Wildman–Crippen LogP) is 3.49. The number of pyridine rings is 1. The maximum Gasteiger partial charge on any atom is 0.224 e. The van der Waals surface area contributed by atoms with Crippen molar-refractivity contribution in [3.05, 3.63) is 59.8 Å². The van der Waals surface area contributed by atoms with Gasteiger partial charge in [-0.25, -0.2) is 4.98 Å². The summed E-state index contributed by atoms with van der Waals surface area (Å²) in [5, 5.41) is 3.13. The zero-order chi connectivity index (χ0) is 17.1. The van der Waals surface area contributed by atoms with Crippen LogP contribution in [-0.4, -0.2) is 24.0 Å². The standard InChI is InChI=1S/C21H25N3O/c25-21(19-14-18(19)16-8-3-1-4-9-16)23-15-17-10-7-11-22-20(17)24-12-5-2-6-13-24/h1,3-4,7-11,18-19H,2,5-6,12-15H2,(H,23,25)/t18-,19+/m0/s1. The third-order valence-corrected chi connectivity index (χ3v) is 5.33. The van der Waals surface area contributed by atoms with E-state index < -0.39 is 0 Å².